The lowest BCUT2D eigenvalue weighted by Crippen LogP contribution is -2.18. The molecule has 2 heterocycles. The van der Waals surface area contributed by atoms with Crippen LogP contribution in [0.25, 0.3) is 0 Å². The predicted molar refractivity (Wildman–Crippen MR) is 55.4 cm³/mol. The molecule has 1 saturated carbocycles. The average Bonchev–Trinajstić information content (AvgIpc) is 2.79. The summed E-state index contributed by atoms with van der Waals surface area (Å²) >= 11 is 0. The van der Waals surface area contributed by atoms with Gasteiger partial charge in [-0.05, 0) is 18.4 Å². The largest absolute Gasteiger partial charge is 0.373 e. The Morgan fingerprint density at radius 2 is 2.27 bits per heavy atom. The van der Waals surface area contributed by atoms with Crippen LogP contribution in [-0.2, 0) is 14.2 Å². The Balaban J connectivity index is 1.71. The van der Waals surface area contributed by atoms with Crippen LogP contribution in [0.2, 0.25) is 0 Å². The number of rotatable bonds is 2. The van der Waals surface area contributed by atoms with E-state index in [0.717, 1.165) is 26.1 Å². The molecule has 2 saturated heterocycles. The molecule has 3 rings (SSSR count). The van der Waals surface area contributed by atoms with Crippen molar-refractivity contribution in [3.63, 3.8) is 0 Å². The molecule has 0 radical (unpaired) electrons. The van der Waals surface area contributed by atoms with Crippen molar-refractivity contribution < 1.29 is 14.2 Å². The van der Waals surface area contributed by atoms with Crippen molar-refractivity contribution in [2.75, 3.05) is 13.2 Å². The first-order valence-corrected chi connectivity index (χ1v) is 5.86. The van der Waals surface area contributed by atoms with E-state index in [0.29, 0.717) is 24.0 Å². The Hall–Kier alpha value is -0.380. The molecule has 0 N–H and O–H groups in total. The van der Waals surface area contributed by atoms with Crippen molar-refractivity contribution in [1.82, 2.24) is 0 Å². The molecule has 2 aliphatic heterocycles. The van der Waals surface area contributed by atoms with Crippen molar-refractivity contribution in [1.29, 1.82) is 0 Å². The zero-order valence-electron chi connectivity index (χ0n) is 9.15. The van der Waals surface area contributed by atoms with Crippen molar-refractivity contribution in [3.05, 3.63) is 12.2 Å². The number of hydrogen-bond acceptors (Lipinski definition) is 3. The second-order valence-electron chi connectivity index (χ2n) is 4.73. The van der Waals surface area contributed by atoms with Gasteiger partial charge in [0.25, 0.3) is 0 Å². The van der Waals surface area contributed by atoms with Gasteiger partial charge in [0.15, 0.2) is 6.29 Å². The Labute approximate surface area is 90.4 Å². The standard InChI is InChI=1S/C12H18O3/c1-3-13-11-4-8-9(15-11)5-10-12(8)7(2)6-14-10/h8-12H,2-6H2,1H3/t8-,9-,10+,11?,12-/m1/s1. The van der Waals surface area contributed by atoms with E-state index in [-0.39, 0.29) is 6.29 Å². The summed E-state index contributed by atoms with van der Waals surface area (Å²) in [5, 5.41) is 0. The highest BCUT2D eigenvalue weighted by Crippen LogP contribution is 2.50. The molecule has 0 bridgehead atoms. The summed E-state index contributed by atoms with van der Waals surface area (Å²) in [5.74, 6) is 1.11. The van der Waals surface area contributed by atoms with Gasteiger partial charge in [-0.3, -0.25) is 0 Å². The second kappa shape index (κ2) is 3.58. The highest BCUT2D eigenvalue weighted by Gasteiger charge is 2.53. The smallest absolute Gasteiger partial charge is 0.158 e. The number of hydrogen-bond donors (Lipinski definition) is 0. The van der Waals surface area contributed by atoms with Gasteiger partial charge in [0, 0.05) is 25.4 Å². The van der Waals surface area contributed by atoms with Crippen LogP contribution >= 0.6 is 0 Å². The molecule has 15 heavy (non-hydrogen) atoms. The molecule has 1 aliphatic carbocycles. The first-order chi connectivity index (χ1) is 7.29. The van der Waals surface area contributed by atoms with Crippen molar-refractivity contribution in [2.45, 2.75) is 38.3 Å². The van der Waals surface area contributed by atoms with Gasteiger partial charge < -0.3 is 14.2 Å². The maximum atomic E-state index is 5.87. The average molecular weight is 210 g/mol. The van der Waals surface area contributed by atoms with E-state index in [2.05, 4.69) is 6.58 Å². The minimum atomic E-state index is 0.0133. The fourth-order valence-electron chi connectivity index (χ4n) is 3.33. The monoisotopic (exact) mass is 210 g/mol. The van der Waals surface area contributed by atoms with Gasteiger partial charge in [0.2, 0.25) is 0 Å². The van der Waals surface area contributed by atoms with Gasteiger partial charge in [0.05, 0.1) is 18.8 Å². The van der Waals surface area contributed by atoms with Gasteiger partial charge >= 0.3 is 0 Å². The SMILES string of the molecule is C=C1CO[C@H]2C[C@H]3OC(OCC)C[C@H]3[C@@H]12. The van der Waals surface area contributed by atoms with E-state index < -0.39 is 0 Å². The molecule has 3 fully saturated rings. The van der Waals surface area contributed by atoms with Crippen LogP contribution in [0.5, 0.6) is 0 Å². The van der Waals surface area contributed by atoms with E-state index in [4.69, 9.17) is 14.2 Å². The van der Waals surface area contributed by atoms with E-state index >= 15 is 0 Å². The molecule has 0 aromatic heterocycles. The Bertz CT molecular complexity index is 276. The van der Waals surface area contributed by atoms with Gasteiger partial charge in [-0.2, -0.15) is 0 Å². The normalized spacial score (nSPS) is 48.3. The molecule has 1 unspecified atom stereocenters. The minimum absolute atomic E-state index is 0.0133. The van der Waals surface area contributed by atoms with Crippen LogP contribution in [0.1, 0.15) is 19.8 Å². The topological polar surface area (TPSA) is 27.7 Å². The van der Waals surface area contributed by atoms with Crippen LogP contribution in [0.3, 0.4) is 0 Å². The summed E-state index contributed by atoms with van der Waals surface area (Å²) in [6.45, 7) is 7.60. The quantitative estimate of drug-likeness (QED) is 0.650. The number of ether oxygens (including phenoxy) is 3. The summed E-state index contributed by atoms with van der Waals surface area (Å²) in [6.07, 6.45) is 2.77. The second-order valence-corrected chi connectivity index (χ2v) is 4.73. The van der Waals surface area contributed by atoms with Gasteiger partial charge in [-0.15, -0.1) is 0 Å². The summed E-state index contributed by atoms with van der Waals surface area (Å²) in [4.78, 5) is 0. The van der Waals surface area contributed by atoms with Crippen LogP contribution < -0.4 is 0 Å². The lowest BCUT2D eigenvalue weighted by Gasteiger charge is -2.16. The molecule has 0 aromatic rings. The first kappa shape index (κ1) is 9.82. The van der Waals surface area contributed by atoms with Gasteiger partial charge in [-0.25, -0.2) is 0 Å². The van der Waals surface area contributed by atoms with E-state index in [1.165, 1.54) is 5.57 Å². The molecule has 84 valence electrons. The third kappa shape index (κ3) is 1.45. The van der Waals surface area contributed by atoms with Crippen LogP contribution in [0.4, 0.5) is 0 Å². The van der Waals surface area contributed by atoms with E-state index in [1.54, 1.807) is 0 Å². The third-order valence-electron chi connectivity index (χ3n) is 3.90. The lowest BCUT2D eigenvalue weighted by atomic mass is 9.88. The first-order valence-electron chi connectivity index (χ1n) is 5.86. The van der Waals surface area contributed by atoms with Crippen molar-refractivity contribution >= 4 is 0 Å². The molecule has 5 atom stereocenters. The zero-order chi connectivity index (χ0) is 10.4. The molecule has 0 aromatic carbocycles. The van der Waals surface area contributed by atoms with Crippen molar-refractivity contribution in [2.24, 2.45) is 11.8 Å². The van der Waals surface area contributed by atoms with Crippen LogP contribution in [0, 0.1) is 11.8 Å². The highest BCUT2D eigenvalue weighted by atomic mass is 16.7. The summed E-state index contributed by atoms with van der Waals surface area (Å²) in [5.41, 5.74) is 1.26. The molecular weight excluding hydrogens is 192 g/mol. The molecule has 0 spiro atoms. The minimum Gasteiger partial charge on any atom is -0.373 e. The number of fused-ring (bicyclic) bond motifs is 3. The Kier molecular flexibility index (Phi) is 2.34. The molecule has 3 nitrogen and oxygen atoms in total. The fourth-order valence-corrected chi connectivity index (χ4v) is 3.33. The van der Waals surface area contributed by atoms with E-state index in [1.807, 2.05) is 6.92 Å². The lowest BCUT2D eigenvalue weighted by molar-refractivity contribution is -0.134. The summed E-state index contributed by atoms with van der Waals surface area (Å²) in [7, 11) is 0. The van der Waals surface area contributed by atoms with E-state index in [9.17, 15) is 0 Å². The highest BCUT2D eigenvalue weighted by molar-refractivity contribution is 5.17. The Morgan fingerprint density at radius 3 is 3.07 bits per heavy atom. The van der Waals surface area contributed by atoms with Gasteiger partial charge in [0.1, 0.15) is 0 Å². The van der Waals surface area contributed by atoms with Crippen molar-refractivity contribution in [3.8, 4) is 0 Å². The zero-order valence-corrected chi connectivity index (χ0v) is 9.15. The molecule has 3 aliphatic rings. The molecule has 0 amide bonds. The molecular formula is C12H18O3. The summed E-state index contributed by atoms with van der Waals surface area (Å²) < 4.78 is 17.1. The van der Waals surface area contributed by atoms with Crippen LogP contribution in [0.15, 0.2) is 12.2 Å². The summed E-state index contributed by atoms with van der Waals surface area (Å²) in [6, 6.07) is 0. The van der Waals surface area contributed by atoms with Crippen LogP contribution in [-0.4, -0.2) is 31.7 Å². The maximum absolute atomic E-state index is 5.87. The predicted octanol–water partition coefficient (Wildman–Crippen LogP) is 1.73. The Morgan fingerprint density at radius 1 is 1.40 bits per heavy atom. The molecule has 3 heteroatoms. The van der Waals surface area contributed by atoms with Gasteiger partial charge in [-0.1, -0.05) is 6.58 Å². The third-order valence-corrected chi connectivity index (χ3v) is 3.90. The fraction of sp³-hybridized carbons (Fsp3) is 0.833. The maximum Gasteiger partial charge on any atom is 0.158 e.